The number of aliphatic hydroxyl groups is 1. The molecule has 2 atom stereocenters. The van der Waals surface area contributed by atoms with Gasteiger partial charge in [-0.15, -0.1) is 0 Å². The maximum Gasteiger partial charge on any atom is 0.417 e. The van der Waals surface area contributed by atoms with Gasteiger partial charge in [0.15, 0.2) is 0 Å². The van der Waals surface area contributed by atoms with Gasteiger partial charge in [-0.2, -0.15) is 0 Å². The van der Waals surface area contributed by atoms with Crippen molar-refractivity contribution < 1.29 is 19.4 Å². The molecule has 1 fully saturated rings. The Morgan fingerprint density at radius 3 is 2.43 bits per heavy atom. The van der Waals surface area contributed by atoms with Crippen molar-refractivity contribution in [2.24, 2.45) is 0 Å². The summed E-state index contributed by atoms with van der Waals surface area (Å²) in [6, 6.07) is 22.8. The summed E-state index contributed by atoms with van der Waals surface area (Å²) in [7, 11) is 0. The molecule has 0 bridgehead atoms. The third-order valence-corrected chi connectivity index (χ3v) is 5.57. The van der Waals surface area contributed by atoms with Crippen molar-refractivity contribution in [2.45, 2.75) is 37.8 Å². The normalized spacial score (nSPS) is 17.8. The minimum atomic E-state index is -1.36. The number of imide groups is 1. The molecule has 1 aliphatic rings. The van der Waals surface area contributed by atoms with E-state index >= 15 is 0 Å². The van der Waals surface area contributed by atoms with E-state index in [1.807, 2.05) is 72.8 Å². The Labute approximate surface area is 175 Å². The molecule has 0 spiro atoms. The lowest BCUT2D eigenvalue weighted by atomic mass is 9.82. The van der Waals surface area contributed by atoms with Crippen LogP contribution in [0.3, 0.4) is 0 Å². The number of carbonyl (C=O) groups is 2. The number of rotatable bonds is 5. The molecule has 0 radical (unpaired) electrons. The monoisotopic (exact) mass is 403 g/mol. The third kappa shape index (κ3) is 3.94. The van der Waals surface area contributed by atoms with E-state index in [4.69, 9.17) is 4.74 Å². The first-order valence-electron chi connectivity index (χ1n) is 10.1. The van der Waals surface area contributed by atoms with Gasteiger partial charge in [-0.3, -0.25) is 4.79 Å². The summed E-state index contributed by atoms with van der Waals surface area (Å²) in [5.41, 5.74) is 0.327. The second-order valence-corrected chi connectivity index (χ2v) is 8.32. The van der Waals surface area contributed by atoms with Crippen molar-refractivity contribution >= 4 is 22.8 Å². The standard InChI is InChI=1S/C25H25NO4/c1-25(2,29)22(20-13-12-18-10-6-7-11-19(18)15-20)23(27)26-21(16-30-24(26)28)14-17-8-4-3-5-9-17/h3-13,15,21-22,29H,14,16H2,1-2H3/t21-,22-/m0/s1. The van der Waals surface area contributed by atoms with Gasteiger partial charge < -0.3 is 9.84 Å². The first-order valence-corrected chi connectivity index (χ1v) is 10.1. The quantitative estimate of drug-likeness (QED) is 0.690. The average Bonchev–Trinajstić information content (AvgIpc) is 3.07. The summed E-state index contributed by atoms with van der Waals surface area (Å²) in [5.74, 6) is -1.34. The maximum atomic E-state index is 13.6. The minimum absolute atomic E-state index is 0.149. The highest BCUT2D eigenvalue weighted by Crippen LogP contribution is 2.34. The van der Waals surface area contributed by atoms with Crippen LogP contribution >= 0.6 is 0 Å². The highest BCUT2D eigenvalue weighted by molar-refractivity contribution is 5.98. The highest BCUT2D eigenvalue weighted by Gasteiger charge is 2.45. The van der Waals surface area contributed by atoms with Crippen LogP contribution in [-0.4, -0.2) is 40.3 Å². The Morgan fingerprint density at radius 2 is 1.73 bits per heavy atom. The molecular formula is C25H25NO4. The van der Waals surface area contributed by atoms with Crippen molar-refractivity contribution in [3.8, 4) is 0 Å². The van der Waals surface area contributed by atoms with Crippen molar-refractivity contribution in [3.05, 3.63) is 83.9 Å². The number of ether oxygens (including phenoxy) is 1. The Balaban J connectivity index is 1.69. The summed E-state index contributed by atoms with van der Waals surface area (Å²) in [5, 5.41) is 12.9. The Kier molecular flexibility index (Phi) is 5.31. The molecule has 0 saturated carbocycles. The van der Waals surface area contributed by atoms with E-state index in [-0.39, 0.29) is 6.61 Å². The molecule has 1 N–H and O–H groups in total. The second-order valence-electron chi connectivity index (χ2n) is 8.32. The molecule has 3 aromatic rings. The lowest BCUT2D eigenvalue weighted by Crippen LogP contribution is -2.48. The van der Waals surface area contributed by atoms with Crippen LogP contribution in [0.1, 0.15) is 30.9 Å². The number of amides is 2. The van der Waals surface area contributed by atoms with Crippen LogP contribution in [0.25, 0.3) is 10.8 Å². The van der Waals surface area contributed by atoms with Gasteiger partial charge in [0.2, 0.25) is 5.91 Å². The summed E-state index contributed by atoms with van der Waals surface area (Å²) in [6.07, 6.45) is -0.148. The predicted molar refractivity (Wildman–Crippen MR) is 115 cm³/mol. The van der Waals surface area contributed by atoms with E-state index in [9.17, 15) is 14.7 Å². The van der Waals surface area contributed by atoms with E-state index in [1.54, 1.807) is 13.8 Å². The number of fused-ring (bicyclic) bond motifs is 1. The molecule has 0 aliphatic carbocycles. The molecule has 0 aromatic heterocycles. The molecule has 0 unspecified atom stereocenters. The molecule has 4 rings (SSSR count). The van der Waals surface area contributed by atoms with Crippen LogP contribution in [0.15, 0.2) is 72.8 Å². The summed E-state index contributed by atoms with van der Waals surface area (Å²) in [6.45, 7) is 3.34. The van der Waals surface area contributed by atoms with Gasteiger partial charge in [0, 0.05) is 0 Å². The number of carbonyl (C=O) groups excluding carboxylic acids is 2. The van der Waals surface area contributed by atoms with Crippen molar-refractivity contribution in [1.29, 1.82) is 0 Å². The number of cyclic esters (lactones) is 1. The first-order chi connectivity index (χ1) is 14.3. The maximum absolute atomic E-state index is 13.6. The van der Waals surface area contributed by atoms with Crippen molar-refractivity contribution in [1.82, 2.24) is 4.90 Å². The zero-order valence-corrected chi connectivity index (χ0v) is 17.1. The largest absolute Gasteiger partial charge is 0.447 e. The van der Waals surface area contributed by atoms with Crippen molar-refractivity contribution in [2.75, 3.05) is 6.61 Å². The molecule has 154 valence electrons. The molecular weight excluding hydrogens is 378 g/mol. The average molecular weight is 403 g/mol. The molecule has 5 nitrogen and oxygen atoms in total. The van der Waals surface area contributed by atoms with Crippen molar-refractivity contribution in [3.63, 3.8) is 0 Å². The highest BCUT2D eigenvalue weighted by atomic mass is 16.6. The van der Waals surface area contributed by atoms with Gasteiger partial charge in [-0.05, 0) is 42.2 Å². The number of benzene rings is 3. The Bertz CT molecular complexity index is 1070. The van der Waals surface area contributed by atoms with E-state index in [0.29, 0.717) is 12.0 Å². The van der Waals surface area contributed by atoms with Gasteiger partial charge in [0.05, 0.1) is 17.6 Å². The summed E-state index contributed by atoms with van der Waals surface area (Å²) >= 11 is 0. The predicted octanol–water partition coefficient (Wildman–Crippen LogP) is 4.28. The van der Waals surface area contributed by atoms with Gasteiger partial charge in [0.25, 0.3) is 0 Å². The molecule has 2 amide bonds. The molecule has 1 heterocycles. The summed E-state index contributed by atoms with van der Waals surface area (Å²) in [4.78, 5) is 27.3. The second kappa shape index (κ2) is 7.92. The van der Waals surface area contributed by atoms with Gasteiger partial charge in [0.1, 0.15) is 6.61 Å². The van der Waals surface area contributed by atoms with Crippen LogP contribution in [0, 0.1) is 0 Å². The third-order valence-electron chi connectivity index (χ3n) is 5.57. The zero-order chi connectivity index (χ0) is 21.3. The van der Waals surface area contributed by atoms with Crippen LogP contribution < -0.4 is 0 Å². The van der Waals surface area contributed by atoms with Crippen LogP contribution in [0.2, 0.25) is 0 Å². The van der Waals surface area contributed by atoms with E-state index in [0.717, 1.165) is 16.3 Å². The smallest absolute Gasteiger partial charge is 0.417 e. The number of hydrogen-bond donors (Lipinski definition) is 1. The number of hydrogen-bond acceptors (Lipinski definition) is 4. The lowest BCUT2D eigenvalue weighted by Gasteiger charge is -2.32. The molecule has 30 heavy (non-hydrogen) atoms. The van der Waals surface area contributed by atoms with Gasteiger partial charge >= 0.3 is 6.09 Å². The van der Waals surface area contributed by atoms with E-state index in [1.165, 1.54) is 4.90 Å². The summed E-state index contributed by atoms with van der Waals surface area (Å²) < 4.78 is 5.22. The first kappa shape index (κ1) is 20.1. The van der Waals surface area contributed by atoms with Crippen LogP contribution in [0.5, 0.6) is 0 Å². The fourth-order valence-electron chi connectivity index (χ4n) is 4.15. The van der Waals surface area contributed by atoms with E-state index in [2.05, 4.69) is 0 Å². The molecule has 5 heteroatoms. The zero-order valence-electron chi connectivity index (χ0n) is 17.1. The SMILES string of the molecule is CC(C)(O)[C@H](C(=O)N1C(=O)OC[C@@H]1Cc1ccccc1)c1ccc2ccccc2c1. The van der Waals surface area contributed by atoms with Crippen LogP contribution in [0.4, 0.5) is 4.79 Å². The molecule has 1 saturated heterocycles. The Morgan fingerprint density at radius 1 is 1.07 bits per heavy atom. The number of nitrogens with zero attached hydrogens (tertiary/aromatic N) is 1. The fourth-order valence-corrected chi connectivity index (χ4v) is 4.15. The Hall–Kier alpha value is -3.18. The lowest BCUT2D eigenvalue weighted by molar-refractivity contribution is -0.136. The van der Waals surface area contributed by atoms with Gasteiger partial charge in [-0.25, -0.2) is 9.69 Å². The fraction of sp³-hybridized carbons (Fsp3) is 0.280. The van der Waals surface area contributed by atoms with Gasteiger partial charge in [-0.1, -0.05) is 72.8 Å². The minimum Gasteiger partial charge on any atom is -0.447 e. The molecule has 3 aromatic carbocycles. The van der Waals surface area contributed by atoms with E-state index < -0.39 is 29.6 Å². The topological polar surface area (TPSA) is 66.8 Å². The molecule has 1 aliphatic heterocycles. The van der Waals surface area contributed by atoms with Crippen LogP contribution in [-0.2, 0) is 16.0 Å².